The van der Waals surface area contributed by atoms with Gasteiger partial charge >= 0.3 is 0 Å². The number of aliphatic hydroxyl groups is 3. The molecule has 27 heavy (non-hydrogen) atoms. The van der Waals surface area contributed by atoms with Crippen molar-refractivity contribution in [3.8, 4) is 28.4 Å². The number of benzene rings is 1. The molecule has 0 amide bonds. The number of aliphatic hydroxyl groups excluding tert-OH is 3. The summed E-state index contributed by atoms with van der Waals surface area (Å²) >= 11 is 0. The maximum Gasteiger partial charge on any atom is 0.264 e. The van der Waals surface area contributed by atoms with Gasteiger partial charge in [-0.25, -0.2) is 0 Å². The molecule has 1 aromatic heterocycles. The smallest absolute Gasteiger partial charge is 0.264 e. The first kappa shape index (κ1) is 19.2. The van der Waals surface area contributed by atoms with E-state index in [1.54, 1.807) is 12.1 Å². The van der Waals surface area contributed by atoms with Gasteiger partial charge in [-0.2, -0.15) is 0 Å². The first-order chi connectivity index (χ1) is 12.9. The fourth-order valence-electron chi connectivity index (χ4n) is 3.11. The molecular weight excluding hydrogens is 358 g/mol. The molecule has 9 nitrogen and oxygen atoms in total. The van der Waals surface area contributed by atoms with Crippen molar-refractivity contribution in [1.29, 1.82) is 0 Å². The lowest BCUT2D eigenvalue weighted by atomic mass is 10.1. The van der Waals surface area contributed by atoms with Crippen molar-refractivity contribution in [2.24, 2.45) is 0 Å². The largest absolute Gasteiger partial charge is 0.507 e. The summed E-state index contributed by atoms with van der Waals surface area (Å²) in [5, 5.41) is 39.6. The third-order valence-corrected chi connectivity index (χ3v) is 4.56. The molecule has 2 aromatic rings. The number of aromatic hydroxyl groups is 1. The SMILES string of the molecule is COc1ccc(-c2c(O)ccn([C@@H]3O[C@H](CO)[C@@H](O)[C@H]3O)c2=O)cc1OC. The second kappa shape index (κ2) is 7.57. The van der Waals surface area contributed by atoms with E-state index in [1.807, 2.05) is 0 Å². The first-order valence-electron chi connectivity index (χ1n) is 8.21. The molecule has 1 fully saturated rings. The zero-order valence-corrected chi connectivity index (χ0v) is 14.8. The lowest BCUT2D eigenvalue weighted by molar-refractivity contribution is -0.0543. The molecule has 4 N–H and O–H groups in total. The van der Waals surface area contributed by atoms with E-state index in [0.29, 0.717) is 17.1 Å². The summed E-state index contributed by atoms with van der Waals surface area (Å²) in [6.07, 6.45) is -3.73. The fraction of sp³-hybridized carbons (Fsp3) is 0.389. The van der Waals surface area contributed by atoms with Gasteiger partial charge in [-0.05, 0) is 23.8 Å². The Morgan fingerprint density at radius 1 is 1.11 bits per heavy atom. The second-order valence-corrected chi connectivity index (χ2v) is 6.09. The van der Waals surface area contributed by atoms with E-state index in [9.17, 15) is 25.2 Å². The molecule has 0 aliphatic carbocycles. The van der Waals surface area contributed by atoms with Crippen LogP contribution in [0.1, 0.15) is 6.23 Å². The van der Waals surface area contributed by atoms with Crippen LogP contribution in [0.15, 0.2) is 35.3 Å². The van der Waals surface area contributed by atoms with Gasteiger partial charge < -0.3 is 34.6 Å². The van der Waals surface area contributed by atoms with E-state index in [-0.39, 0.29) is 11.3 Å². The van der Waals surface area contributed by atoms with Crippen LogP contribution >= 0.6 is 0 Å². The molecule has 4 atom stereocenters. The van der Waals surface area contributed by atoms with Crippen molar-refractivity contribution in [1.82, 2.24) is 4.57 Å². The number of pyridine rings is 1. The molecule has 3 rings (SSSR count). The Morgan fingerprint density at radius 2 is 1.81 bits per heavy atom. The highest BCUT2D eigenvalue weighted by molar-refractivity contribution is 5.71. The monoisotopic (exact) mass is 379 g/mol. The van der Waals surface area contributed by atoms with Crippen molar-refractivity contribution in [2.45, 2.75) is 24.5 Å². The van der Waals surface area contributed by atoms with Gasteiger partial charge in [0.15, 0.2) is 17.7 Å². The van der Waals surface area contributed by atoms with E-state index in [2.05, 4.69) is 0 Å². The van der Waals surface area contributed by atoms with Crippen molar-refractivity contribution in [3.63, 3.8) is 0 Å². The van der Waals surface area contributed by atoms with Crippen LogP contribution in [0, 0.1) is 0 Å². The van der Waals surface area contributed by atoms with E-state index in [4.69, 9.17) is 14.2 Å². The highest BCUT2D eigenvalue weighted by Gasteiger charge is 2.43. The Bertz CT molecular complexity index is 880. The molecule has 1 saturated heterocycles. The minimum Gasteiger partial charge on any atom is -0.507 e. The number of aromatic nitrogens is 1. The minimum absolute atomic E-state index is 0.0313. The standard InChI is InChI=1S/C18H21NO8/c1-25-11-4-3-9(7-12(11)26-2)14-10(21)5-6-19(17(14)24)18-16(23)15(22)13(8-20)27-18/h3-7,13,15-16,18,20-23H,8H2,1-2H3/t13-,15-,16-,18-/m1/s1. The van der Waals surface area contributed by atoms with Gasteiger partial charge in [0.2, 0.25) is 0 Å². The van der Waals surface area contributed by atoms with Gasteiger partial charge in [-0.15, -0.1) is 0 Å². The molecule has 0 spiro atoms. The van der Waals surface area contributed by atoms with E-state index in [0.717, 1.165) is 4.57 Å². The minimum atomic E-state index is -1.41. The third-order valence-electron chi connectivity index (χ3n) is 4.56. The Morgan fingerprint density at radius 3 is 2.41 bits per heavy atom. The molecule has 0 radical (unpaired) electrons. The molecule has 146 valence electrons. The van der Waals surface area contributed by atoms with E-state index < -0.39 is 36.7 Å². The zero-order valence-electron chi connectivity index (χ0n) is 14.8. The lowest BCUT2D eigenvalue weighted by Gasteiger charge is -2.19. The van der Waals surface area contributed by atoms with Crippen LogP contribution in [0.2, 0.25) is 0 Å². The third kappa shape index (κ3) is 3.26. The van der Waals surface area contributed by atoms with Gasteiger partial charge in [0.05, 0.1) is 26.4 Å². The topological polar surface area (TPSA) is 131 Å². The van der Waals surface area contributed by atoms with Crippen molar-refractivity contribution < 1.29 is 34.6 Å². The first-order valence-corrected chi connectivity index (χ1v) is 8.21. The number of nitrogens with zero attached hydrogens (tertiary/aromatic N) is 1. The zero-order chi connectivity index (χ0) is 19.7. The number of hydrogen-bond acceptors (Lipinski definition) is 8. The number of ether oxygens (including phenoxy) is 3. The maximum absolute atomic E-state index is 13.0. The molecule has 0 bridgehead atoms. The van der Waals surface area contributed by atoms with Crippen LogP contribution in [0.4, 0.5) is 0 Å². The Kier molecular flexibility index (Phi) is 5.38. The van der Waals surface area contributed by atoms with Crippen molar-refractivity contribution in [3.05, 3.63) is 40.8 Å². The van der Waals surface area contributed by atoms with Crippen LogP contribution in [0.25, 0.3) is 11.1 Å². The summed E-state index contributed by atoms with van der Waals surface area (Å²) in [7, 11) is 2.93. The molecule has 1 aliphatic rings. The van der Waals surface area contributed by atoms with Crippen LogP contribution in [0.3, 0.4) is 0 Å². The Hall–Kier alpha value is -2.59. The van der Waals surface area contributed by atoms with Crippen LogP contribution in [-0.4, -0.2) is 64.1 Å². The van der Waals surface area contributed by atoms with Crippen LogP contribution in [0.5, 0.6) is 17.2 Å². The lowest BCUT2D eigenvalue weighted by Crippen LogP contribution is -2.35. The Labute approximate surface area is 154 Å². The van der Waals surface area contributed by atoms with Crippen LogP contribution < -0.4 is 15.0 Å². The predicted molar refractivity (Wildman–Crippen MR) is 93.9 cm³/mol. The van der Waals surface area contributed by atoms with Gasteiger partial charge in [0, 0.05) is 6.20 Å². The molecule has 0 unspecified atom stereocenters. The van der Waals surface area contributed by atoms with Gasteiger partial charge in [0.25, 0.3) is 5.56 Å². The van der Waals surface area contributed by atoms with E-state index >= 15 is 0 Å². The average Bonchev–Trinajstić information content (AvgIpc) is 2.96. The van der Waals surface area contributed by atoms with E-state index in [1.165, 1.54) is 32.5 Å². The quantitative estimate of drug-likeness (QED) is 0.564. The normalized spacial score (nSPS) is 24.8. The summed E-state index contributed by atoms with van der Waals surface area (Å²) in [5.41, 5.74) is -0.301. The fourth-order valence-corrected chi connectivity index (χ4v) is 3.11. The van der Waals surface area contributed by atoms with Crippen molar-refractivity contribution >= 4 is 0 Å². The number of methoxy groups -OCH3 is 2. The molecule has 9 heteroatoms. The van der Waals surface area contributed by atoms with Gasteiger partial charge in [0.1, 0.15) is 24.1 Å². The summed E-state index contributed by atoms with van der Waals surface area (Å²) in [6, 6.07) is 6.00. The predicted octanol–water partition coefficient (Wildman–Crippen LogP) is -0.150. The molecule has 0 saturated carbocycles. The molecule has 2 heterocycles. The summed E-state index contributed by atoms with van der Waals surface area (Å²) in [4.78, 5) is 13.0. The second-order valence-electron chi connectivity index (χ2n) is 6.09. The maximum atomic E-state index is 13.0. The van der Waals surface area contributed by atoms with Gasteiger partial charge in [-0.3, -0.25) is 9.36 Å². The highest BCUT2D eigenvalue weighted by atomic mass is 16.6. The summed E-state index contributed by atoms with van der Waals surface area (Å²) in [5.74, 6) is 0.563. The number of hydrogen-bond donors (Lipinski definition) is 4. The van der Waals surface area contributed by atoms with Crippen LogP contribution in [-0.2, 0) is 4.74 Å². The molecular formula is C18H21NO8. The average molecular weight is 379 g/mol. The highest BCUT2D eigenvalue weighted by Crippen LogP contribution is 2.35. The van der Waals surface area contributed by atoms with Crippen molar-refractivity contribution in [2.75, 3.05) is 20.8 Å². The molecule has 1 aliphatic heterocycles. The molecule has 1 aromatic carbocycles. The summed E-state index contributed by atoms with van der Waals surface area (Å²) in [6.45, 7) is -0.510. The summed E-state index contributed by atoms with van der Waals surface area (Å²) < 4.78 is 16.9. The van der Waals surface area contributed by atoms with Gasteiger partial charge in [-0.1, -0.05) is 6.07 Å². The Balaban J connectivity index is 2.09. The number of rotatable bonds is 5.